The molecule has 13 nitrogen and oxygen atoms in total. The fourth-order valence-corrected chi connectivity index (χ4v) is 5.09. The topological polar surface area (TPSA) is 222 Å². The first kappa shape index (κ1) is 42.6. The van der Waals surface area contributed by atoms with Crippen molar-refractivity contribution in [3.63, 3.8) is 0 Å². The lowest BCUT2D eigenvalue weighted by Gasteiger charge is -2.19. The van der Waals surface area contributed by atoms with Crippen LogP contribution in [0.1, 0.15) is 102 Å². The summed E-state index contributed by atoms with van der Waals surface area (Å²) in [6.07, 6.45) is 13.6. The monoisotopic (exact) mass is 676 g/mol. The maximum atomic E-state index is 13.0. The summed E-state index contributed by atoms with van der Waals surface area (Å²) in [5.41, 5.74) is 17.3. The van der Waals surface area contributed by atoms with Crippen LogP contribution < -0.4 is 43.8 Å². The van der Waals surface area contributed by atoms with Gasteiger partial charge in [-0.1, -0.05) is 57.6 Å². The summed E-state index contributed by atoms with van der Waals surface area (Å²) in [5.74, 6) is -0.233. The van der Waals surface area contributed by atoms with Gasteiger partial charge >= 0.3 is 0 Å². The Bertz CT molecular complexity index is 1020. The van der Waals surface area contributed by atoms with Crippen molar-refractivity contribution in [3.05, 3.63) is 29.8 Å². The fraction of sp³-hybridized carbons (Fsp3) is 0.714. The third-order valence-corrected chi connectivity index (χ3v) is 7.96. The predicted molar refractivity (Wildman–Crippen MR) is 194 cm³/mol. The number of carbonyl (C=O) groups is 3. The van der Waals surface area contributed by atoms with E-state index < -0.39 is 12.1 Å². The molecule has 48 heavy (non-hydrogen) atoms. The molecule has 12 N–H and O–H groups in total. The molecule has 2 atom stereocenters. The number of aromatic hydroxyl groups is 1. The van der Waals surface area contributed by atoms with Gasteiger partial charge in [-0.25, -0.2) is 0 Å². The van der Waals surface area contributed by atoms with Crippen LogP contribution in [0.25, 0.3) is 0 Å². The predicted octanol–water partition coefficient (Wildman–Crippen LogP) is 1.91. The van der Waals surface area contributed by atoms with E-state index in [-0.39, 0.29) is 29.4 Å². The molecule has 3 amide bonds. The van der Waals surface area contributed by atoms with Gasteiger partial charge in [-0.05, 0) is 88.8 Å². The van der Waals surface area contributed by atoms with Gasteiger partial charge in [-0.3, -0.25) is 19.4 Å². The third kappa shape index (κ3) is 23.8. The Morgan fingerprint density at radius 1 is 0.729 bits per heavy atom. The Morgan fingerprint density at radius 2 is 1.29 bits per heavy atom. The second kappa shape index (κ2) is 28.6. The minimum atomic E-state index is -0.659. The fourth-order valence-electron chi connectivity index (χ4n) is 5.09. The number of amides is 3. The first-order valence-corrected chi connectivity index (χ1v) is 18.1. The Morgan fingerprint density at radius 3 is 1.90 bits per heavy atom. The molecule has 0 fully saturated rings. The van der Waals surface area contributed by atoms with Gasteiger partial charge in [0.1, 0.15) is 11.8 Å². The van der Waals surface area contributed by atoms with Crippen LogP contribution in [0.3, 0.4) is 0 Å². The van der Waals surface area contributed by atoms with Crippen LogP contribution in [-0.2, 0) is 20.8 Å². The van der Waals surface area contributed by atoms with Crippen LogP contribution in [0, 0.1) is 0 Å². The number of guanidine groups is 1. The zero-order valence-corrected chi connectivity index (χ0v) is 29.4. The second-order valence-electron chi connectivity index (χ2n) is 12.4. The summed E-state index contributed by atoms with van der Waals surface area (Å²) in [5, 5.41) is 25.2. The minimum absolute atomic E-state index is 0.0424. The summed E-state index contributed by atoms with van der Waals surface area (Å²) in [6.45, 7) is 7.17. The van der Waals surface area contributed by atoms with Crippen LogP contribution in [0.4, 0.5) is 0 Å². The van der Waals surface area contributed by atoms with Crippen LogP contribution in [0.2, 0.25) is 0 Å². The number of phenolic OH excluding ortho intramolecular Hbond substituents is 1. The zero-order chi connectivity index (χ0) is 35.2. The lowest BCUT2D eigenvalue weighted by Crippen LogP contribution is -2.48. The average molecular weight is 676 g/mol. The van der Waals surface area contributed by atoms with Crippen molar-refractivity contribution in [1.29, 1.82) is 0 Å². The van der Waals surface area contributed by atoms with Crippen LogP contribution in [0.15, 0.2) is 29.3 Å². The Hall–Kier alpha value is -3.42. The number of hydrogen-bond acceptors (Lipinski definition) is 8. The lowest BCUT2D eigenvalue weighted by atomic mass is 10.0. The number of nitrogens with one attached hydrogen (secondary N) is 5. The molecule has 274 valence electrons. The van der Waals surface area contributed by atoms with Crippen molar-refractivity contribution in [3.8, 4) is 5.75 Å². The van der Waals surface area contributed by atoms with Crippen LogP contribution in [-0.4, -0.2) is 86.7 Å². The third-order valence-electron chi connectivity index (χ3n) is 7.96. The zero-order valence-electron chi connectivity index (χ0n) is 29.4. The standard InChI is InChI=1S/C35H65N9O4/c1-2-3-4-5-6-7-8-15-32(46)44-31(27-28-16-18-29(45)19-17-28)34(48)42-26-13-23-40-21-10-9-20-39-22-12-25-41-33(47)30(36)14-11-24-43-35(37)38/h16-19,30-31,39-40,45H,2-15,20-27,36H2,1H3,(H,41,47)(H,42,48)(H,44,46)(H4,37,38,43)/t30-,31+/m0/s1. The SMILES string of the molecule is CCCCCCCCCC(=O)N[C@H](Cc1ccc(O)cc1)C(=O)NCCCNCCCCNCCCNC(=O)[C@@H](N)CCCN=C(N)N. The molecule has 0 spiro atoms. The number of rotatable bonds is 30. The number of phenols is 1. The minimum Gasteiger partial charge on any atom is -0.508 e. The van der Waals surface area contributed by atoms with E-state index in [2.05, 4.69) is 38.5 Å². The Kier molecular flexibility index (Phi) is 25.4. The molecule has 0 radical (unpaired) electrons. The van der Waals surface area contributed by atoms with Crippen molar-refractivity contribution >= 4 is 23.7 Å². The second-order valence-corrected chi connectivity index (χ2v) is 12.4. The molecule has 13 heteroatoms. The van der Waals surface area contributed by atoms with E-state index in [4.69, 9.17) is 17.2 Å². The van der Waals surface area contributed by atoms with E-state index >= 15 is 0 Å². The van der Waals surface area contributed by atoms with E-state index in [0.717, 1.165) is 76.7 Å². The Balaban J connectivity index is 2.15. The average Bonchev–Trinajstić information content (AvgIpc) is 3.06. The molecule has 1 aromatic carbocycles. The Labute approximate surface area is 288 Å². The van der Waals surface area contributed by atoms with E-state index in [1.54, 1.807) is 24.3 Å². The maximum absolute atomic E-state index is 13.0. The molecule has 0 unspecified atom stereocenters. The van der Waals surface area contributed by atoms with Gasteiger partial charge in [0.25, 0.3) is 0 Å². The van der Waals surface area contributed by atoms with E-state index in [1.165, 1.54) is 25.7 Å². The van der Waals surface area contributed by atoms with Crippen molar-refractivity contribution in [2.45, 2.75) is 115 Å². The molecule has 1 aromatic rings. The van der Waals surface area contributed by atoms with Crippen molar-refractivity contribution < 1.29 is 19.5 Å². The van der Waals surface area contributed by atoms with E-state index in [0.29, 0.717) is 45.3 Å². The van der Waals surface area contributed by atoms with Gasteiger partial charge in [-0.15, -0.1) is 0 Å². The van der Waals surface area contributed by atoms with Crippen molar-refractivity contribution in [2.24, 2.45) is 22.2 Å². The summed E-state index contributed by atoms with van der Waals surface area (Å²) in [7, 11) is 0. The summed E-state index contributed by atoms with van der Waals surface area (Å²) in [4.78, 5) is 41.6. The van der Waals surface area contributed by atoms with Gasteiger partial charge in [0.2, 0.25) is 17.7 Å². The highest BCUT2D eigenvalue weighted by molar-refractivity contribution is 5.87. The first-order valence-electron chi connectivity index (χ1n) is 18.1. The van der Waals surface area contributed by atoms with Crippen LogP contribution in [0.5, 0.6) is 5.75 Å². The highest BCUT2D eigenvalue weighted by atomic mass is 16.3. The number of aliphatic imine (C=N–C) groups is 1. The molecule has 0 saturated carbocycles. The van der Waals surface area contributed by atoms with Crippen molar-refractivity contribution in [1.82, 2.24) is 26.6 Å². The van der Waals surface area contributed by atoms with E-state index in [9.17, 15) is 19.5 Å². The van der Waals surface area contributed by atoms with Crippen molar-refractivity contribution in [2.75, 3.05) is 45.8 Å². The molecule has 0 heterocycles. The number of nitrogens with two attached hydrogens (primary N) is 3. The highest BCUT2D eigenvalue weighted by Gasteiger charge is 2.21. The summed E-state index contributed by atoms with van der Waals surface area (Å²) < 4.78 is 0. The lowest BCUT2D eigenvalue weighted by molar-refractivity contribution is -0.129. The van der Waals surface area contributed by atoms with Crippen LogP contribution >= 0.6 is 0 Å². The first-order chi connectivity index (χ1) is 23.2. The summed E-state index contributed by atoms with van der Waals surface area (Å²) in [6, 6.07) is 5.52. The van der Waals surface area contributed by atoms with Gasteiger partial charge in [0.05, 0.1) is 6.04 Å². The van der Waals surface area contributed by atoms with E-state index in [1.807, 2.05) is 0 Å². The van der Waals surface area contributed by atoms with Gasteiger partial charge in [-0.2, -0.15) is 0 Å². The normalized spacial score (nSPS) is 12.2. The van der Waals surface area contributed by atoms with Gasteiger partial charge in [0.15, 0.2) is 5.96 Å². The molecule has 1 rings (SSSR count). The molecule has 0 aliphatic carbocycles. The largest absolute Gasteiger partial charge is 0.508 e. The molecule has 0 saturated heterocycles. The maximum Gasteiger partial charge on any atom is 0.242 e. The quantitative estimate of drug-likeness (QED) is 0.0330. The molecule has 0 aliphatic heterocycles. The van der Waals surface area contributed by atoms with Gasteiger partial charge < -0.3 is 48.9 Å². The molecular weight excluding hydrogens is 610 g/mol. The number of carbonyl (C=O) groups excluding carboxylic acids is 3. The number of hydrogen-bond donors (Lipinski definition) is 9. The number of nitrogens with zero attached hydrogens (tertiary/aromatic N) is 1. The molecule has 0 aromatic heterocycles. The molecule has 0 aliphatic rings. The number of benzene rings is 1. The molecular formula is C35H65N9O4. The smallest absolute Gasteiger partial charge is 0.242 e. The molecule has 0 bridgehead atoms. The number of unbranched alkanes of at least 4 members (excludes halogenated alkanes) is 7. The van der Waals surface area contributed by atoms with Gasteiger partial charge in [0, 0.05) is 32.5 Å². The summed E-state index contributed by atoms with van der Waals surface area (Å²) >= 11 is 0. The highest BCUT2D eigenvalue weighted by Crippen LogP contribution is 2.12.